The Hall–Kier alpha value is -3.35. The molecule has 0 spiro atoms. The van der Waals surface area contributed by atoms with Crippen LogP contribution in [0.1, 0.15) is 24.2 Å². The Morgan fingerprint density at radius 1 is 0.808 bits per heavy atom. The van der Waals surface area contributed by atoms with Crippen molar-refractivity contribution in [3.63, 3.8) is 0 Å². The fourth-order valence-corrected chi connectivity index (χ4v) is 2.23. The average molecular weight is 354 g/mol. The second-order valence-corrected chi connectivity index (χ2v) is 5.60. The molecule has 0 bridgehead atoms. The Kier molecular flexibility index (Phi) is 6.73. The van der Waals surface area contributed by atoms with E-state index in [0.717, 1.165) is 5.69 Å². The summed E-state index contributed by atoms with van der Waals surface area (Å²) < 4.78 is 0. The van der Waals surface area contributed by atoms with Gasteiger partial charge >= 0.3 is 0 Å². The van der Waals surface area contributed by atoms with E-state index in [1.165, 1.54) is 6.92 Å². The van der Waals surface area contributed by atoms with Gasteiger partial charge in [0.05, 0.1) is 6.54 Å². The highest BCUT2D eigenvalue weighted by Crippen LogP contribution is 2.13. The highest BCUT2D eigenvalue weighted by atomic mass is 16.2. The molecule has 0 aliphatic rings. The second kappa shape index (κ2) is 9.22. The number of nitrogens with one attached hydrogen (secondary N) is 4. The Bertz CT molecular complexity index is 770. The van der Waals surface area contributed by atoms with Gasteiger partial charge in [0, 0.05) is 36.1 Å². The first-order chi connectivity index (χ1) is 12.5. The monoisotopic (exact) mass is 354 g/mol. The number of hydrogen-bond donors (Lipinski definition) is 4. The van der Waals surface area contributed by atoms with E-state index in [9.17, 15) is 14.4 Å². The lowest BCUT2D eigenvalue weighted by Crippen LogP contribution is -2.23. The fraction of sp³-hybridized carbons (Fsp3) is 0.211. The van der Waals surface area contributed by atoms with Crippen LogP contribution in [0, 0.1) is 0 Å². The number of benzene rings is 2. The van der Waals surface area contributed by atoms with Crippen molar-refractivity contribution in [3.05, 3.63) is 54.1 Å². The molecule has 4 N–H and O–H groups in total. The van der Waals surface area contributed by atoms with Crippen LogP contribution >= 0.6 is 0 Å². The zero-order chi connectivity index (χ0) is 18.9. The van der Waals surface area contributed by atoms with Gasteiger partial charge in [0.1, 0.15) is 0 Å². The molecule has 0 aromatic heterocycles. The quantitative estimate of drug-likeness (QED) is 0.614. The largest absolute Gasteiger partial charge is 0.376 e. The summed E-state index contributed by atoms with van der Waals surface area (Å²) in [6.07, 6.45) is 0. The number of amides is 3. The molecule has 7 heteroatoms. The lowest BCUT2D eigenvalue weighted by molar-refractivity contribution is -0.115. The average Bonchev–Trinajstić information content (AvgIpc) is 2.61. The van der Waals surface area contributed by atoms with Crippen LogP contribution in [0.25, 0.3) is 0 Å². The van der Waals surface area contributed by atoms with Crippen LogP contribution in [0.15, 0.2) is 48.5 Å². The molecule has 136 valence electrons. The van der Waals surface area contributed by atoms with Gasteiger partial charge in [-0.3, -0.25) is 14.4 Å². The Morgan fingerprint density at radius 2 is 1.35 bits per heavy atom. The molecule has 0 saturated carbocycles. The minimum Gasteiger partial charge on any atom is -0.376 e. The van der Waals surface area contributed by atoms with E-state index >= 15 is 0 Å². The van der Waals surface area contributed by atoms with Gasteiger partial charge < -0.3 is 21.3 Å². The van der Waals surface area contributed by atoms with Gasteiger partial charge in [-0.25, -0.2) is 0 Å². The Balaban J connectivity index is 1.83. The summed E-state index contributed by atoms with van der Waals surface area (Å²) in [5, 5.41) is 11.2. The number of anilines is 3. The smallest absolute Gasteiger partial charge is 0.251 e. The van der Waals surface area contributed by atoms with E-state index in [2.05, 4.69) is 21.3 Å². The maximum Gasteiger partial charge on any atom is 0.251 e. The van der Waals surface area contributed by atoms with E-state index < -0.39 is 0 Å². The highest BCUT2D eigenvalue weighted by molar-refractivity contribution is 5.96. The van der Waals surface area contributed by atoms with Gasteiger partial charge in [-0.05, 0) is 55.5 Å². The van der Waals surface area contributed by atoms with Crippen LogP contribution in [-0.2, 0) is 9.59 Å². The minimum absolute atomic E-state index is 0.0948. The molecular formula is C19H22N4O3. The van der Waals surface area contributed by atoms with Crippen molar-refractivity contribution in [2.24, 2.45) is 0 Å². The molecular weight excluding hydrogens is 332 g/mol. The standard InChI is InChI=1S/C19H22N4O3/c1-3-20-19(26)14-4-6-17(7-5-14)23-18(25)12-21-15-8-10-16(11-9-15)22-13(2)24/h4-11,21H,3,12H2,1-2H3,(H,20,26)(H,22,24)(H,23,25). The van der Waals surface area contributed by atoms with Crippen molar-refractivity contribution in [1.82, 2.24) is 5.32 Å². The molecule has 0 heterocycles. The lowest BCUT2D eigenvalue weighted by atomic mass is 10.2. The highest BCUT2D eigenvalue weighted by Gasteiger charge is 2.06. The summed E-state index contributed by atoms with van der Waals surface area (Å²) >= 11 is 0. The first-order valence-electron chi connectivity index (χ1n) is 8.27. The Morgan fingerprint density at radius 3 is 1.92 bits per heavy atom. The van der Waals surface area contributed by atoms with Crippen LogP contribution in [-0.4, -0.2) is 30.8 Å². The molecule has 7 nitrogen and oxygen atoms in total. The predicted molar refractivity (Wildman–Crippen MR) is 102 cm³/mol. The molecule has 0 atom stereocenters. The van der Waals surface area contributed by atoms with Gasteiger partial charge in [0.25, 0.3) is 5.91 Å². The first-order valence-corrected chi connectivity index (χ1v) is 8.27. The topological polar surface area (TPSA) is 99.3 Å². The maximum absolute atomic E-state index is 12.0. The molecule has 2 rings (SSSR count). The SMILES string of the molecule is CCNC(=O)c1ccc(NC(=O)CNc2ccc(NC(C)=O)cc2)cc1. The first kappa shape index (κ1) is 19.0. The molecule has 2 aromatic rings. The number of carbonyl (C=O) groups excluding carboxylic acids is 3. The zero-order valence-electron chi connectivity index (χ0n) is 14.8. The third kappa shape index (κ3) is 5.94. The summed E-state index contributed by atoms with van der Waals surface area (Å²) in [4.78, 5) is 34.7. The summed E-state index contributed by atoms with van der Waals surface area (Å²) in [5.74, 6) is -0.486. The van der Waals surface area contributed by atoms with Crippen molar-refractivity contribution in [2.45, 2.75) is 13.8 Å². The summed E-state index contributed by atoms with van der Waals surface area (Å²) in [6, 6.07) is 13.8. The van der Waals surface area contributed by atoms with E-state index in [1.807, 2.05) is 6.92 Å². The predicted octanol–water partition coefficient (Wildman–Crippen LogP) is 2.45. The van der Waals surface area contributed by atoms with Crippen molar-refractivity contribution < 1.29 is 14.4 Å². The van der Waals surface area contributed by atoms with Crippen molar-refractivity contribution >= 4 is 34.8 Å². The number of hydrogen-bond acceptors (Lipinski definition) is 4. The summed E-state index contributed by atoms with van der Waals surface area (Å²) in [7, 11) is 0. The number of rotatable bonds is 7. The van der Waals surface area contributed by atoms with Crippen LogP contribution in [0.3, 0.4) is 0 Å². The van der Waals surface area contributed by atoms with Crippen molar-refractivity contribution in [2.75, 3.05) is 29.0 Å². The Labute approximate surface area is 152 Å². The third-order valence-corrected chi connectivity index (χ3v) is 3.43. The van der Waals surface area contributed by atoms with Gasteiger partial charge in [0.2, 0.25) is 11.8 Å². The maximum atomic E-state index is 12.0. The molecule has 26 heavy (non-hydrogen) atoms. The lowest BCUT2D eigenvalue weighted by Gasteiger charge is -2.09. The van der Waals surface area contributed by atoms with E-state index in [4.69, 9.17) is 0 Å². The third-order valence-electron chi connectivity index (χ3n) is 3.43. The van der Waals surface area contributed by atoms with E-state index in [1.54, 1.807) is 48.5 Å². The molecule has 0 unspecified atom stereocenters. The van der Waals surface area contributed by atoms with Gasteiger partial charge in [-0.15, -0.1) is 0 Å². The van der Waals surface area contributed by atoms with Gasteiger partial charge in [-0.1, -0.05) is 0 Å². The summed E-state index contributed by atoms with van der Waals surface area (Å²) in [6.45, 7) is 3.96. The normalized spacial score (nSPS) is 9.92. The molecule has 0 aliphatic heterocycles. The summed E-state index contributed by atoms with van der Waals surface area (Å²) in [5.41, 5.74) is 2.62. The minimum atomic E-state index is -0.207. The van der Waals surface area contributed by atoms with Crippen LogP contribution in [0.5, 0.6) is 0 Å². The molecule has 0 radical (unpaired) electrons. The number of carbonyl (C=O) groups is 3. The van der Waals surface area contributed by atoms with E-state index in [0.29, 0.717) is 23.5 Å². The molecule has 3 amide bonds. The molecule has 2 aromatic carbocycles. The fourth-order valence-electron chi connectivity index (χ4n) is 2.23. The van der Waals surface area contributed by atoms with Crippen LogP contribution in [0.4, 0.5) is 17.1 Å². The molecule has 0 saturated heterocycles. The molecule has 0 aliphatic carbocycles. The van der Waals surface area contributed by atoms with E-state index in [-0.39, 0.29) is 24.3 Å². The van der Waals surface area contributed by atoms with Gasteiger partial charge in [0.15, 0.2) is 0 Å². The van der Waals surface area contributed by atoms with Crippen LogP contribution < -0.4 is 21.3 Å². The zero-order valence-corrected chi connectivity index (χ0v) is 14.8. The van der Waals surface area contributed by atoms with Crippen molar-refractivity contribution in [3.8, 4) is 0 Å². The molecule has 0 fully saturated rings. The van der Waals surface area contributed by atoms with Crippen molar-refractivity contribution in [1.29, 1.82) is 0 Å². The van der Waals surface area contributed by atoms with Gasteiger partial charge in [-0.2, -0.15) is 0 Å². The second-order valence-electron chi connectivity index (χ2n) is 5.60. The van der Waals surface area contributed by atoms with Crippen LogP contribution in [0.2, 0.25) is 0 Å².